The van der Waals surface area contributed by atoms with E-state index in [1.165, 1.54) is 6.33 Å². The van der Waals surface area contributed by atoms with E-state index < -0.39 is 0 Å². The second-order valence-electron chi connectivity index (χ2n) is 2.39. The van der Waals surface area contributed by atoms with Gasteiger partial charge in [0.1, 0.15) is 18.6 Å². The van der Waals surface area contributed by atoms with Crippen molar-refractivity contribution in [2.45, 2.75) is 13.8 Å². The minimum absolute atomic E-state index is 0.136. The average Bonchev–Trinajstić information content (AvgIpc) is 2.08. The Hall–Kier alpha value is -1.40. The van der Waals surface area contributed by atoms with Crippen molar-refractivity contribution in [3.8, 4) is 11.8 Å². The highest BCUT2D eigenvalue weighted by molar-refractivity contribution is 5.35. The molecule has 0 amide bonds. The number of aromatic nitrogens is 2. The standard InChI is InChI=1S/C9H10N2O/c1-7-8(2)10-6-11-9(7)4-3-5-12/h6,12H,5H2,1-2H3. The van der Waals surface area contributed by atoms with Crippen molar-refractivity contribution in [3.05, 3.63) is 23.3 Å². The molecule has 0 aliphatic carbocycles. The van der Waals surface area contributed by atoms with Crippen LogP contribution in [0.25, 0.3) is 0 Å². The Bertz CT molecular complexity index is 336. The van der Waals surface area contributed by atoms with Crippen LogP contribution in [0.2, 0.25) is 0 Å². The molecule has 0 unspecified atom stereocenters. The van der Waals surface area contributed by atoms with Gasteiger partial charge in [-0.1, -0.05) is 5.92 Å². The molecule has 0 radical (unpaired) electrons. The van der Waals surface area contributed by atoms with E-state index in [1.807, 2.05) is 13.8 Å². The molecule has 1 rings (SSSR count). The van der Waals surface area contributed by atoms with E-state index in [0.29, 0.717) is 5.69 Å². The molecule has 3 heteroatoms. The number of hydrogen-bond acceptors (Lipinski definition) is 3. The molecule has 0 aromatic carbocycles. The Morgan fingerprint density at radius 3 is 2.83 bits per heavy atom. The Labute approximate surface area is 71.5 Å². The fourth-order valence-electron chi connectivity index (χ4n) is 0.787. The van der Waals surface area contributed by atoms with Gasteiger partial charge < -0.3 is 5.11 Å². The van der Waals surface area contributed by atoms with Gasteiger partial charge in [-0.15, -0.1) is 0 Å². The predicted octanol–water partition coefficient (Wildman–Crippen LogP) is 0.437. The molecule has 0 spiro atoms. The first kappa shape index (κ1) is 8.69. The van der Waals surface area contributed by atoms with Crippen LogP contribution in [-0.2, 0) is 0 Å². The van der Waals surface area contributed by atoms with Crippen LogP contribution in [0.4, 0.5) is 0 Å². The SMILES string of the molecule is Cc1ncnc(C#CCO)c1C. The van der Waals surface area contributed by atoms with Crippen LogP contribution in [0.1, 0.15) is 17.0 Å². The molecule has 1 aromatic rings. The van der Waals surface area contributed by atoms with E-state index in [4.69, 9.17) is 5.11 Å². The first-order valence-electron chi connectivity index (χ1n) is 3.63. The lowest BCUT2D eigenvalue weighted by atomic mass is 10.2. The Morgan fingerprint density at radius 2 is 2.17 bits per heavy atom. The van der Waals surface area contributed by atoms with Crippen molar-refractivity contribution in [1.29, 1.82) is 0 Å². The summed E-state index contributed by atoms with van der Waals surface area (Å²) in [4.78, 5) is 7.99. The van der Waals surface area contributed by atoms with E-state index in [-0.39, 0.29) is 6.61 Å². The molecule has 1 aromatic heterocycles. The van der Waals surface area contributed by atoms with Crippen LogP contribution >= 0.6 is 0 Å². The van der Waals surface area contributed by atoms with Crippen LogP contribution in [0, 0.1) is 25.7 Å². The number of aliphatic hydroxyl groups excluding tert-OH is 1. The maximum atomic E-state index is 8.47. The summed E-state index contributed by atoms with van der Waals surface area (Å²) >= 11 is 0. The third-order valence-electron chi connectivity index (χ3n) is 1.62. The summed E-state index contributed by atoms with van der Waals surface area (Å²) in [7, 11) is 0. The summed E-state index contributed by atoms with van der Waals surface area (Å²) in [6, 6.07) is 0. The van der Waals surface area contributed by atoms with Gasteiger partial charge in [0, 0.05) is 11.3 Å². The van der Waals surface area contributed by atoms with Gasteiger partial charge in [0.25, 0.3) is 0 Å². The monoisotopic (exact) mass is 162 g/mol. The van der Waals surface area contributed by atoms with Crippen LogP contribution in [0.15, 0.2) is 6.33 Å². The number of nitrogens with zero attached hydrogens (tertiary/aromatic N) is 2. The van der Waals surface area contributed by atoms with Crippen LogP contribution < -0.4 is 0 Å². The smallest absolute Gasteiger partial charge is 0.119 e. The second kappa shape index (κ2) is 3.84. The van der Waals surface area contributed by atoms with Crippen molar-refractivity contribution < 1.29 is 5.11 Å². The lowest BCUT2D eigenvalue weighted by Crippen LogP contribution is -1.94. The van der Waals surface area contributed by atoms with Gasteiger partial charge in [-0.2, -0.15) is 0 Å². The Morgan fingerprint density at radius 1 is 1.42 bits per heavy atom. The van der Waals surface area contributed by atoms with Crippen molar-refractivity contribution in [2.24, 2.45) is 0 Å². The first-order chi connectivity index (χ1) is 5.75. The third-order valence-corrected chi connectivity index (χ3v) is 1.62. The largest absolute Gasteiger partial charge is 0.384 e. The molecular weight excluding hydrogens is 152 g/mol. The van der Waals surface area contributed by atoms with Gasteiger partial charge in [-0.25, -0.2) is 9.97 Å². The maximum absolute atomic E-state index is 8.47. The highest BCUT2D eigenvalue weighted by atomic mass is 16.2. The van der Waals surface area contributed by atoms with Gasteiger partial charge in [0.15, 0.2) is 0 Å². The molecule has 0 aliphatic heterocycles. The Balaban J connectivity index is 3.08. The molecule has 0 bridgehead atoms. The van der Waals surface area contributed by atoms with Gasteiger partial charge in [-0.3, -0.25) is 0 Å². The zero-order chi connectivity index (χ0) is 8.97. The minimum Gasteiger partial charge on any atom is -0.384 e. The fraction of sp³-hybridized carbons (Fsp3) is 0.333. The molecule has 0 saturated heterocycles. The predicted molar refractivity (Wildman–Crippen MR) is 45.5 cm³/mol. The molecule has 1 heterocycles. The summed E-state index contributed by atoms with van der Waals surface area (Å²) in [6.07, 6.45) is 1.48. The topological polar surface area (TPSA) is 46.0 Å². The molecule has 0 aliphatic rings. The molecule has 12 heavy (non-hydrogen) atoms. The van der Waals surface area contributed by atoms with Crippen molar-refractivity contribution >= 4 is 0 Å². The molecule has 3 nitrogen and oxygen atoms in total. The van der Waals surface area contributed by atoms with Crippen molar-refractivity contribution in [3.63, 3.8) is 0 Å². The van der Waals surface area contributed by atoms with Crippen LogP contribution in [0.3, 0.4) is 0 Å². The zero-order valence-electron chi connectivity index (χ0n) is 7.13. The summed E-state index contributed by atoms with van der Waals surface area (Å²) in [5, 5.41) is 8.47. The van der Waals surface area contributed by atoms with E-state index in [2.05, 4.69) is 21.8 Å². The lowest BCUT2D eigenvalue weighted by molar-refractivity contribution is 0.350. The first-order valence-corrected chi connectivity index (χ1v) is 3.63. The summed E-state index contributed by atoms with van der Waals surface area (Å²) in [5.74, 6) is 5.30. The van der Waals surface area contributed by atoms with E-state index in [1.54, 1.807) is 0 Å². The Kier molecular flexibility index (Phi) is 2.78. The molecule has 0 fully saturated rings. The molecule has 0 atom stereocenters. The highest BCUT2D eigenvalue weighted by Crippen LogP contribution is 2.04. The van der Waals surface area contributed by atoms with Crippen LogP contribution in [-0.4, -0.2) is 21.7 Å². The zero-order valence-corrected chi connectivity index (χ0v) is 7.13. The molecule has 0 saturated carbocycles. The molecular formula is C9H10N2O. The van der Waals surface area contributed by atoms with Gasteiger partial charge >= 0.3 is 0 Å². The van der Waals surface area contributed by atoms with Gasteiger partial charge in [0.05, 0.1) is 0 Å². The van der Waals surface area contributed by atoms with E-state index in [0.717, 1.165) is 11.3 Å². The average molecular weight is 162 g/mol. The minimum atomic E-state index is -0.136. The number of aryl methyl sites for hydroxylation is 1. The number of rotatable bonds is 0. The summed E-state index contributed by atoms with van der Waals surface area (Å²) in [6.45, 7) is 3.68. The van der Waals surface area contributed by atoms with Crippen molar-refractivity contribution in [1.82, 2.24) is 9.97 Å². The summed E-state index contributed by atoms with van der Waals surface area (Å²) < 4.78 is 0. The highest BCUT2D eigenvalue weighted by Gasteiger charge is 1.98. The maximum Gasteiger partial charge on any atom is 0.119 e. The second-order valence-corrected chi connectivity index (χ2v) is 2.39. The summed E-state index contributed by atoms with van der Waals surface area (Å²) in [5.41, 5.74) is 2.59. The van der Waals surface area contributed by atoms with Gasteiger partial charge in [-0.05, 0) is 19.8 Å². The quantitative estimate of drug-likeness (QED) is 0.563. The van der Waals surface area contributed by atoms with E-state index >= 15 is 0 Å². The molecule has 1 N–H and O–H groups in total. The van der Waals surface area contributed by atoms with Crippen molar-refractivity contribution in [2.75, 3.05) is 6.61 Å². The normalized spacial score (nSPS) is 8.92. The van der Waals surface area contributed by atoms with E-state index in [9.17, 15) is 0 Å². The lowest BCUT2D eigenvalue weighted by Gasteiger charge is -1.98. The third kappa shape index (κ3) is 1.80. The van der Waals surface area contributed by atoms with Crippen LogP contribution in [0.5, 0.6) is 0 Å². The number of aliphatic hydroxyl groups is 1. The number of hydrogen-bond donors (Lipinski definition) is 1. The van der Waals surface area contributed by atoms with Gasteiger partial charge in [0.2, 0.25) is 0 Å². The fourth-order valence-corrected chi connectivity index (χ4v) is 0.787. The molecule has 62 valence electrons.